The highest BCUT2D eigenvalue weighted by molar-refractivity contribution is 5.93. The van der Waals surface area contributed by atoms with Crippen LogP contribution in [0.5, 0.6) is 0 Å². The highest BCUT2D eigenvalue weighted by atomic mass is 16.5. The summed E-state index contributed by atoms with van der Waals surface area (Å²) in [6.45, 7) is 18.7. The summed E-state index contributed by atoms with van der Waals surface area (Å²) < 4.78 is 15.9. The molecule has 278 valence electrons. The Labute approximate surface area is 295 Å². The van der Waals surface area contributed by atoms with Gasteiger partial charge in [0.1, 0.15) is 12.4 Å². The molecule has 4 rings (SSSR count). The van der Waals surface area contributed by atoms with Gasteiger partial charge in [-0.25, -0.2) is 5.84 Å². The van der Waals surface area contributed by atoms with Crippen LogP contribution in [-0.2, 0) is 30.3 Å². The quantitative estimate of drug-likeness (QED) is 0.0995. The van der Waals surface area contributed by atoms with Gasteiger partial charge in [0.25, 0.3) is 0 Å². The van der Waals surface area contributed by atoms with E-state index in [4.69, 9.17) is 25.8 Å². The number of aldehydes is 1. The Balaban J connectivity index is 0.000000977. The van der Waals surface area contributed by atoms with Gasteiger partial charge >= 0.3 is 0 Å². The standard InChI is InChI=1S/C23H30N4O2.C9H17NO4.3C2H6/c1-4-19-23(28)21(14(2)29-19)27(25)22-16-10-6-5-9-15(16)13-26(3)18-12-8-7-11-17(18)20(22)24;1-13-7-8-14-6-4-10-9(12)3-2-5-11;3*1-2/h5-12,14,19,21,23,28H,4,13,24-25H2,1-3H3;5H,2-4,6-8H2,1H3,(H,10,12);3*1-2H3/b22-20-;;;;. The first kappa shape index (κ1) is 45.5. The van der Waals surface area contributed by atoms with Gasteiger partial charge in [-0.3, -0.25) is 9.80 Å². The molecule has 1 amide bonds. The van der Waals surface area contributed by atoms with Gasteiger partial charge in [-0.15, -0.1) is 0 Å². The second-order valence-corrected chi connectivity index (χ2v) is 10.6. The Hall–Kier alpha value is -3.48. The van der Waals surface area contributed by atoms with Gasteiger partial charge in [0.05, 0.1) is 49.5 Å². The normalized spacial score (nSPS) is 20.4. The maximum absolute atomic E-state index is 10.9. The molecule has 0 aliphatic carbocycles. The Morgan fingerprint density at radius 1 is 1.04 bits per heavy atom. The summed E-state index contributed by atoms with van der Waals surface area (Å²) in [6, 6.07) is 15.9. The number of ether oxygens (including phenoxy) is 3. The molecule has 4 unspecified atom stereocenters. The van der Waals surface area contributed by atoms with E-state index in [9.17, 15) is 14.7 Å². The molecule has 6 N–H and O–H groups in total. The molecule has 49 heavy (non-hydrogen) atoms. The van der Waals surface area contributed by atoms with Crippen molar-refractivity contribution >= 4 is 29.3 Å². The lowest BCUT2D eigenvalue weighted by Crippen LogP contribution is -2.50. The number of nitrogens with zero attached hydrogens (tertiary/aromatic N) is 2. The van der Waals surface area contributed by atoms with Gasteiger partial charge < -0.3 is 40.1 Å². The molecule has 11 heteroatoms. The summed E-state index contributed by atoms with van der Waals surface area (Å²) in [4.78, 5) is 23.1. The van der Waals surface area contributed by atoms with Crippen molar-refractivity contribution in [2.45, 2.75) is 106 Å². The molecule has 1 saturated heterocycles. The van der Waals surface area contributed by atoms with E-state index in [1.807, 2.05) is 91.8 Å². The maximum atomic E-state index is 10.9. The highest BCUT2D eigenvalue weighted by Crippen LogP contribution is 2.38. The molecule has 0 spiro atoms. The Morgan fingerprint density at radius 3 is 2.24 bits per heavy atom. The SMILES string of the molecule is CC.CC.CC.CCC1OC(C)C(N(N)/C2=C(\N)c3ccccc3N(C)Cc3ccccc32)C1O.COCCOCCNC(=O)CCC=O. The van der Waals surface area contributed by atoms with E-state index in [2.05, 4.69) is 29.4 Å². The number of nitrogens with one attached hydrogen (secondary N) is 1. The highest BCUT2D eigenvalue weighted by Gasteiger charge is 2.44. The average Bonchev–Trinajstić information content (AvgIpc) is 3.44. The van der Waals surface area contributed by atoms with Gasteiger partial charge in [0.2, 0.25) is 5.91 Å². The van der Waals surface area contributed by atoms with E-state index in [1.165, 1.54) is 0 Å². The number of amides is 1. The first-order chi connectivity index (χ1) is 23.7. The number of fused-ring (bicyclic) bond motifs is 2. The van der Waals surface area contributed by atoms with E-state index in [-0.39, 0.29) is 37.0 Å². The molecule has 2 aliphatic rings. The van der Waals surface area contributed by atoms with Gasteiger partial charge in [-0.05, 0) is 25.0 Å². The minimum absolute atomic E-state index is 0.118. The van der Waals surface area contributed by atoms with Gasteiger partial charge in [0.15, 0.2) is 0 Å². The molecule has 11 nitrogen and oxygen atoms in total. The van der Waals surface area contributed by atoms with E-state index >= 15 is 0 Å². The topological polar surface area (TPSA) is 153 Å². The average molecular weight is 688 g/mol. The number of benzene rings is 2. The third kappa shape index (κ3) is 13.7. The maximum Gasteiger partial charge on any atom is 0.220 e. The van der Waals surface area contributed by atoms with E-state index in [0.717, 1.165) is 47.3 Å². The van der Waals surface area contributed by atoms with Crippen molar-refractivity contribution < 1.29 is 28.9 Å². The predicted molar refractivity (Wildman–Crippen MR) is 201 cm³/mol. The van der Waals surface area contributed by atoms with Crippen LogP contribution in [0.1, 0.15) is 91.3 Å². The molecule has 2 heterocycles. The van der Waals surface area contributed by atoms with E-state index in [1.54, 1.807) is 12.1 Å². The monoisotopic (exact) mass is 687 g/mol. The number of carbonyl (C=O) groups excluding carboxylic acids is 2. The molecular formula is C38H65N5O6. The lowest BCUT2D eigenvalue weighted by molar-refractivity contribution is -0.122. The van der Waals surface area contributed by atoms with Crippen LogP contribution in [0.3, 0.4) is 0 Å². The van der Waals surface area contributed by atoms with Crippen LogP contribution < -0.4 is 21.8 Å². The van der Waals surface area contributed by atoms with Crippen LogP contribution in [0.2, 0.25) is 0 Å². The Kier molecular flexibility index (Phi) is 24.5. The van der Waals surface area contributed by atoms with E-state index < -0.39 is 6.10 Å². The number of carbonyl (C=O) groups is 2. The number of anilines is 1. The zero-order chi connectivity index (χ0) is 37.4. The molecule has 1 fully saturated rings. The summed E-state index contributed by atoms with van der Waals surface area (Å²) in [5, 5.41) is 15.2. The third-order valence-corrected chi connectivity index (χ3v) is 7.61. The number of hydrazine groups is 1. The summed E-state index contributed by atoms with van der Waals surface area (Å²) >= 11 is 0. The largest absolute Gasteiger partial charge is 0.396 e. The number of hydrogen-bond donors (Lipinski definition) is 4. The molecule has 0 bridgehead atoms. The number of aliphatic hydroxyl groups is 1. The van der Waals surface area contributed by atoms with E-state index in [0.29, 0.717) is 32.1 Å². The molecule has 0 aromatic heterocycles. The lowest BCUT2D eigenvalue weighted by Gasteiger charge is -2.36. The number of nitrogens with two attached hydrogens (primary N) is 2. The van der Waals surface area contributed by atoms with Crippen LogP contribution in [0.4, 0.5) is 5.69 Å². The predicted octanol–water partition coefficient (Wildman–Crippen LogP) is 5.35. The first-order valence-electron chi connectivity index (χ1n) is 17.8. The van der Waals surface area contributed by atoms with Crippen LogP contribution in [0.15, 0.2) is 48.5 Å². The second kappa shape index (κ2) is 26.4. The van der Waals surface area contributed by atoms with Crippen molar-refractivity contribution in [3.05, 3.63) is 65.2 Å². The van der Waals surface area contributed by atoms with Crippen molar-refractivity contribution in [2.75, 3.05) is 45.4 Å². The molecule has 0 radical (unpaired) electrons. The summed E-state index contributed by atoms with van der Waals surface area (Å²) in [6.07, 6.45) is 0.859. The third-order valence-electron chi connectivity index (χ3n) is 7.61. The first-order valence-corrected chi connectivity index (χ1v) is 17.8. The molecular weight excluding hydrogens is 622 g/mol. The molecule has 2 aromatic rings. The summed E-state index contributed by atoms with van der Waals surface area (Å²) in [5.74, 6) is 6.59. The van der Waals surface area contributed by atoms with Crippen molar-refractivity contribution in [3.8, 4) is 0 Å². The van der Waals surface area contributed by atoms with Crippen molar-refractivity contribution in [3.63, 3.8) is 0 Å². The Morgan fingerprint density at radius 2 is 1.65 bits per heavy atom. The van der Waals surface area contributed by atoms with Crippen LogP contribution in [0.25, 0.3) is 11.4 Å². The van der Waals surface area contributed by atoms with Crippen LogP contribution in [-0.4, -0.2) is 87.2 Å². The minimum atomic E-state index is -0.684. The molecule has 2 aromatic carbocycles. The number of rotatable bonds is 12. The number of methoxy groups -OCH3 is 1. The lowest BCUT2D eigenvalue weighted by atomic mass is 9.94. The zero-order valence-corrected chi connectivity index (χ0v) is 31.7. The second-order valence-electron chi connectivity index (χ2n) is 10.6. The van der Waals surface area contributed by atoms with Gasteiger partial charge in [-0.1, -0.05) is 90.9 Å². The van der Waals surface area contributed by atoms with Crippen molar-refractivity contribution in [1.82, 2.24) is 10.3 Å². The Bertz CT molecular complexity index is 1230. The number of aliphatic hydroxyl groups excluding tert-OH is 1. The fourth-order valence-corrected chi connectivity index (χ4v) is 5.41. The number of hydrogen-bond acceptors (Lipinski definition) is 10. The van der Waals surface area contributed by atoms with Crippen LogP contribution in [0, 0.1) is 0 Å². The van der Waals surface area contributed by atoms with Crippen molar-refractivity contribution in [2.24, 2.45) is 11.6 Å². The molecule has 2 aliphatic heterocycles. The summed E-state index contributed by atoms with van der Waals surface area (Å²) in [5.41, 5.74) is 12.2. The van der Waals surface area contributed by atoms with Gasteiger partial charge in [0, 0.05) is 56.9 Å². The minimum Gasteiger partial charge on any atom is -0.396 e. The van der Waals surface area contributed by atoms with Crippen LogP contribution >= 0.6 is 0 Å². The number of para-hydroxylation sites is 1. The smallest absolute Gasteiger partial charge is 0.220 e. The fraction of sp³-hybridized carbons (Fsp3) is 0.579. The molecule has 4 atom stereocenters. The molecule has 0 saturated carbocycles. The van der Waals surface area contributed by atoms with Gasteiger partial charge in [-0.2, -0.15) is 0 Å². The zero-order valence-electron chi connectivity index (χ0n) is 31.7. The van der Waals surface area contributed by atoms with Crippen molar-refractivity contribution in [1.29, 1.82) is 0 Å². The fourth-order valence-electron chi connectivity index (χ4n) is 5.41. The summed E-state index contributed by atoms with van der Waals surface area (Å²) in [7, 11) is 3.67.